The van der Waals surface area contributed by atoms with Crippen LogP contribution in [-0.2, 0) is 0 Å². The highest BCUT2D eigenvalue weighted by Crippen LogP contribution is 2.39. The number of hydrogen-bond donors (Lipinski definition) is 0. The van der Waals surface area contributed by atoms with Gasteiger partial charge in [0.05, 0.1) is 0 Å². The van der Waals surface area contributed by atoms with Crippen LogP contribution in [0, 0.1) is 12.8 Å². The first-order valence-corrected chi connectivity index (χ1v) is 8.07. The molecule has 0 aromatic heterocycles. The molecule has 1 saturated carbocycles. The molecular weight excluding hydrogens is 230 g/mol. The summed E-state index contributed by atoms with van der Waals surface area (Å²) in [6.45, 7) is 9.20. The van der Waals surface area contributed by atoms with Gasteiger partial charge in [0.2, 0.25) is 0 Å². The van der Waals surface area contributed by atoms with Crippen molar-refractivity contribution in [3.05, 3.63) is 35.4 Å². The number of hydrogen-bond acceptors (Lipinski definition) is 1. The molecule has 1 nitrogen and oxygen atoms in total. The Hall–Kier alpha value is -0.820. The van der Waals surface area contributed by atoms with Crippen LogP contribution in [0.1, 0.15) is 63.1 Å². The summed E-state index contributed by atoms with van der Waals surface area (Å²) in [5, 5.41) is 0. The van der Waals surface area contributed by atoms with E-state index < -0.39 is 0 Å². The van der Waals surface area contributed by atoms with Gasteiger partial charge < -0.3 is 0 Å². The van der Waals surface area contributed by atoms with Crippen molar-refractivity contribution in [3.63, 3.8) is 0 Å². The molecule has 1 atom stereocenters. The molecule has 0 bridgehead atoms. The van der Waals surface area contributed by atoms with Gasteiger partial charge in [0.15, 0.2) is 0 Å². The highest BCUT2D eigenvalue weighted by molar-refractivity contribution is 5.29. The first-order valence-electron chi connectivity index (χ1n) is 8.07. The Morgan fingerprint density at radius 1 is 1.05 bits per heavy atom. The summed E-state index contributed by atoms with van der Waals surface area (Å²) in [6, 6.07) is 9.64. The standard InChI is InChI=1S/C18H29N/c1-4-19(5-2)18(16-12-7-6-8-13-16)17-14-10-9-11-15(17)3/h9-11,14,16,18H,4-8,12-13H2,1-3H3. The summed E-state index contributed by atoms with van der Waals surface area (Å²) in [5.41, 5.74) is 3.03. The number of aryl methyl sites for hydroxylation is 1. The molecule has 2 rings (SSSR count). The van der Waals surface area contributed by atoms with E-state index >= 15 is 0 Å². The van der Waals surface area contributed by atoms with Crippen LogP contribution < -0.4 is 0 Å². The van der Waals surface area contributed by atoms with Crippen LogP contribution in [0.25, 0.3) is 0 Å². The smallest absolute Gasteiger partial charge is 0.0378 e. The first-order chi connectivity index (χ1) is 9.27. The molecule has 0 aliphatic heterocycles. The van der Waals surface area contributed by atoms with Gasteiger partial charge in [-0.3, -0.25) is 4.90 Å². The van der Waals surface area contributed by atoms with Crippen molar-refractivity contribution in [1.29, 1.82) is 0 Å². The van der Waals surface area contributed by atoms with Gasteiger partial charge in [-0.05, 0) is 49.9 Å². The lowest BCUT2D eigenvalue weighted by atomic mass is 9.79. The van der Waals surface area contributed by atoms with E-state index in [2.05, 4.69) is 49.9 Å². The maximum absolute atomic E-state index is 2.66. The predicted molar refractivity (Wildman–Crippen MR) is 83.4 cm³/mol. The molecule has 1 aromatic rings. The summed E-state index contributed by atoms with van der Waals surface area (Å²) >= 11 is 0. The highest BCUT2D eigenvalue weighted by atomic mass is 15.1. The van der Waals surface area contributed by atoms with Crippen molar-refractivity contribution in [2.75, 3.05) is 13.1 Å². The van der Waals surface area contributed by atoms with Crippen LogP contribution in [0.4, 0.5) is 0 Å². The second-order valence-corrected chi connectivity index (χ2v) is 5.92. The molecule has 0 amide bonds. The van der Waals surface area contributed by atoms with Crippen LogP contribution in [0.15, 0.2) is 24.3 Å². The highest BCUT2D eigenvalue weighted by Gasteiger charge is 2.29. The molecule has 1 unspecified atom stereocenters. The fraction of sp³-hybridized carbons (Fsp3) is 0.667. The lowest BCUT2D eigenvalue weighted by molar-refractivity contribution is 0.128. The Kier molecular flexibility index (Phi) is 5.45. The van der Waals surface area contributed by atoms with Gasteiger partial charge in [-0.15, -0.1) is 0 Å². The Bertz CT molecular complexity index is 375. The third-order valence-corrected chi connectivity index (χ3v) is 4.81. The lowest BCUT2D eigenvalue weighted by Gasteiger charge is -2.39. The van der Waals surface area contributed by atoms with E-state index in [-0.39, 0.29) is 0 Å². The third kappa shape index (κ3) is 3.39. The summed E-state index contributed by atoms with van der Waals surface area (Å²) in [7, 11) is 0. The van der Waals surface area contributed by atoms with E-state index in [1.165, 1.54) is 37.7 Å². The maximum Gasteiger partial charge on any atom is 0.0378 e. The largest absolute Gasteiger partial charge is 0.297 e. The summed E-state index contributed by atoms with van der Waals surface area (Å²) in [4.78, 5) is 2.66. The van der Waals surface area contributed by atoms with E-state index in [1.54, 1.807) is 5.56 Å². The number of rotatable bonds is 5. The fourth-order valence-corrected chi connectivity index (χ4v) is 3.73. The zero-order valence-corrected chi connectivity index (χ0v) is 12.9. The predicted octanol–water partition coefficient (Wildman–Crippen LogP) is 4.96. The van der Waals surface area contributed by atoms with Gasteiger partial charge in [-0.25, -0.2) is 0 Å². The lowest BCUT2D eigenvalue weighted by Crippen LogP contribution is -2.35. The van der Waals surface area contributed by atoms with Crippen molar-refractivity contribution in [2.24, 2.45) is 5.92 Å². The van der Waals surface area contributed by atoms with E-state index in [0.29, 0.717) is 6.04 Å². The van der Waals surface area contributed by atoms with Gasteiger partial charge in [-0.1, -0.05) is 57.4 Å². The molecule has 1 aromatic carbocycles. The molecule has 1 fully saturated rings. The van der Waals surface area contributed by atoms with Crippen molar-refractivity contribution >= 4 is 0 Å². The normalized spacial score (nSPS) is 18.7. The average Bonchev–Trinajstić information content (AvgIpc) is 2.47. The Morgan fingerprint density at radius 2 is 1.68 bits per heavy atom. The van der Waals surface area contributed by atoms with Crippen LogP contribution in [-0.4, -0.2) is 18.0 Å². The SMILES string of the molecule is CCN(CC)C(c1ccccc1C)C1CCCCC1. The van der Waals surface area contributed by atoms with Crippen molar-refractivity contribution in [3.8, 4) is 0 Å². The zero-order chi connectivity index (χ0) is 13.7. The summed E-state index contributed by atoms with van der Waals surface area (Å²) < 4.78 is 0. The van der Waals surface area contributed by atoms with Crippen LogP contribution >= 0.6 is 0 Å². The number of benzene rings is 1. The van der Waals surface area contributed by atoms with E-state index in [0.717, 1.165) is 19.0 Å². The van der Waals surface area contributed by atoms with E-state index in [9.17, 15) is 0 Å². The first kappa shape index (κ1) is 14.6. The number of nitrogens with zero attached hydrogens (tertiary/aromatic N) is 1. The minimum atomic E-state index is 0.636. The quantitative estimate of drug-likeness (QED) is 0.722. The van der Waals surface area contributed by atoms with Crippen LogP contribution in [0.5, 0.6) is 0 Å². The second-order valence-electron chi connectivity index (χ2n) is 5.92. The molecule has 0 spiro atoms. The molecule has 1 aliphatic rings. The van der Waals surface area contributed by atoms with Crippen molar-refractivity contribution < 1.29 is 0 Å². The van der Waals surface area contributed by atoms with Gasteiger partial charge in [0.25, 0.3) is 0 Å². The third-order valence-electron chi connectivity index (χ3n) is 4.81. The second kappa shape index (κ2) is 7.09. The maximum atomic E-state index is 2.66. The molecule has 0 saturated heterocycles. The monoisotopic (exact) mass is 259 g/mol. The fourth-order valence-electron chi connectivity index (χ4n) is 3.73. The molecular formula is C18H29N. The van der Waals surface area contributed by atoms with E-state index in [1.807, 2.05) is 0 Å². The molecule has 0 N–H and O–H groups in total. The molecule has 1 heteroatoms. The van der Waals surface area contributed by atoms with E-state index in [4.69, 9.17) is 0 Å². The average molecular weight is 259 g/mol. The van der Waals surface area contributed by atoms with Gasteiger partial charge in [0.1, 0.15) is 0 Å². The van der Waals surface area contributed by atoms with Gasteiger partial charge in [-0.2, -0.15) is 0 Å². The van der Waals surface area contributed by atoms with Crippen molar-refractivity contribution in [1.82, 2.24) is 4.90 Å². The molecule has 1 aliphatic carbocycles. The minimum Gasteiger partial charge on any atom is -0.297 e. The zero-order valence-electron chi connectivity index (χ0n) is 12.9. The van der Waals surface area contributed by atoms with Crippen LogP contribution in [0.3, 0.4) is 0 Å². The Balaban J connectivity index is 2.30. The Morgan fingerprint density at radius 3 is 2.26 bits per heavy atom. The Labute approximate surface area is 119 Å². The molecule has 0 radical (unpaired) electrons. The van der Waals surface area contributed by atoms with Gasteiger partial charge >= 0.3 is 0 Å². The minimum absolute atomic E-state index is 0.636. The van der Waals surface area contributed by atoms with Crippen molar-refractivity contribution in [2.45, 2.75) is 58.9 Å². The molecule has 106 valence electrons. The van der Waals surface area contributed by atoms with Crippen LogP contribution in [0.2, 0.25) is 0 Å². The molecule has 0 heterocycles. The summed E-state index contributed by atoms with van der Waals surface area (Å²) in [6.07, 6.45) is 7.11. The summed E-state index contributed by atoms with van der Waals surface area (Å²) in [5.74, 6) is 0.856. The topological polar surface area (TPSA) is 3.24 Å². The van der Waals surface area contributed by atoms with Gasteiger partial charge in [0, 0.05) is 6.04 Å². The molecule has 19 heavy (non-hydrogen) atoms.